The minimum absolute atomic E-state index is 0.612. The van der Waals surface area contributed by atoms with E-state index in [1.54, 1.807) is 0 Å². The van der Waals surface area contributed by atoms with Crippen molar-refractivity contribution in [1.82, 2.24) is 5.32 Å². The van der Waals surface area contributed by atoms with Gasteiger partial charge in [-0.25, -0.2) is 0 Å². The van der Waals surface area contributed by atoms with Crippen LogP contribution in [0.15, 0.2) is 30.3 Å². The van der Waals surface area contributed by atoms with E-state index in [0.29, 0.717) is 5.88 Å². The zero-order valence-electron chi connectivity index (χ0n) is 7.68. The van der Waals surface area contributed by atoms with Gasteiger partial charge in [0, 0.05) is 5.88 Å². The Morgan fingerprint density at radius 2 is 1.75 bits per heavy atom. The quantitative estimate of drug-likeness (QED) is 0.699. The maximum absolute atomic E-state index is 5.53. The second-order valence-electron chi connectivity index (χ2n) is 2.33. The summed E-state index contributed by atoms with van der Waals surface area (Å²) in [4.78, 5) is 0. The first kappa shape index (κ1) is 11.5. The molecule has 0 atom stereocenters. The van der Waals surface area contributed by atoms with Crippen molar-refractivity contribution in [1.29, 1.82) is 0 Å². The van der Waals surface area contributed by atoms with Gasteiger partial charge in [-0.2, -0.15) is 0 Å². The lowest BCUT2D eigenvalue weighted by atomic mass is 10.2. The van der Waals surface area contributed by atoms with E-state index < -0.39 is 0 Å². The summed E-state index contributed by atoms with van der Waals surface area (Å²) in [5.74, 6) is 0.612. The van der Waals surface area contributed by atoms with Crippen molar-refractivity contribution in [3.63, 3.8) is 0 Å². The topological polar surface area (TPSA) is 12.0 Å². The smallest absolute Gasteiger partial charge is 0.0474 e. The predicted octanol–water partition coefficient (Wildman–Crippen LogP) is 2.65. The molecule has 0 saturated carbocycles. The van der Waals surface area contributed by atoms with Crippen LogP contribution in [-0.4, -0.2) is 13.6 Å². The van der Waals surface area contributed by atoms with Gasteiger partial charge in [0.05, 0.1) is 0 Å². The molecule has 0 heterocycles. The highest BCUT2D eigenvalue weighted by atomic mass is 35.5. The molecule has 0 bridgehead atoms. The Labute approximate surface area is 79.8 Å². The molecule has 2 heteroatoms. The molecule has 0 spiro atoms. The van der Waals surface area contributed by atoms with Crippen molar-refractivity contribution in [2.75, 3.05) is 13.6 Å². The minimum Gasteiger partial charge on any atom is -0.320 e. The molecular formula is C10H16ClN. The molecule has 12 heavy (non-hydrogen) atoms. The van der Waals surface area contributed by atoms with Gasteiger partial charge in [0.15, 0.2) is 0 Å². The van der Waals surface area contributed by atoms with Gasteiger partial charge in [-0.05, 0) is 19.2 Å². The van der Waals surface area contributed by atoms with Gasteiger partial charge >= 0.3 is 0 Å². The predicted molar refractivity (Wildman–Crippen MR) is 55.6 cm³/mol. The Bertz CT molecular complexity index is 172. The van der Waals surface area contributed by atoms with Crippen molar-refractivity contribution in [3.8, 4) is 0 Å². The highest BCUT2D eigenvalue weighted by Gasteiger charge is 1.81. The molecular weight excluding hydrogens is 170 g/mol. The molecule has 1 aromatic rings. The Hall–Kier alpha value is -0.530. The number of hydrogen-bond donors (Lipinski definition) is 1. The lowest BCUT2D eigenvalue weighted by molar-refractivity contribution is 0.864. The maximum atomic E-state index is 5.53. The van der Waals surface area contributed by atoms with Crippen LogP contribution in [0.4, 0.5) is 0 Å². The normalized spacial score (nSPS) is 8.58. The van der Waals surface area contributed by atoms with Crippen LogP contribution in [0.25, 0.3) is 0 Å². The summed E-state index contributed by atoms with van der Waals surface area (Å²) in [7, 11) is 1.93. The number of rotatable bonds is 2. The molecule has 0 aliphatic heterocycles. The Morgan fingerprint density at radius 3 is 2.00 bits per heavy atom. The van der Waals surface area contributed by atoms with Crippen LogP contribution < -0.4 is 5.32 Å². The summed E-state index contributed by atoms with van der Waals surface area (Å²) in [5.41, 5.74) is 1.18. The van der Waals surface area contributed by atoms with E-state index in [0.717, 1.165) is 6.54 Å². The Morgan fingerprint density at radius 1 is 1.25 bits per heavy atom. The largest absolute Gasteiger partial charge is 0.320 e. The van der Waals surface area contributed by atoms with Crippen molar-refractivity contribution in [2.45, 2.75) is 12.8 Å². The zero-order chi connectivity index (χ0) is 9.23. The van der Waals surface area contributed by atoms with E-state index in [-0.39, 0.29) is 0 Å². The maximum Gasteiger partial charge on any atom is 0.0474 e. The van der Waals surface area contributed by atoms with Gasteiger partial charge < -0.3 is 5.32 Å². The van der Waals surface area contributed by atoms with Crippen LogP contribution in [0.5, 0.6) is 0 Å². The van der Waals surface area contributed by atoms with Gasteiger partial charge in [-0.1, -0.05) is 37.3 Å². The third kappa shape index (κ3) is 6.20. The molecule has 68 valence electrons. The number of halogens is 1. The van der Waals surface area contributed by atoms with Gasteiger partial charge in [0.1, 0.15) is 0 Å². The monoisotopic (exact) mass is 185 g/mol. The number of nitrogens with one attached hydrogen (secondary N) is 1. The molecule has 0 fully saturated rings. The van der Waals surface area contributed by atoms with Crippen molar-refractivity contribution in [3.05, 3.63) is 35.9 Å². The SMILES string of the molecule is CCNC.ClCc1ccccc1. The third-order valence-corrected chi connectivity index (χ3v) is 1.66. The summed E-state index contributed by atoms with van der Waals surface area (Å²) >= 11 is 5.53. The van der Waals surface area contributed by atoms with Crippen LogP contribution >= 0.6 is 11.6 Å². The lowest BCUT2D eigenvalue weighted by Gasteiger charge is -1.88. The van der Waals surface area contributed by atoms with Gasteiger partial charge in [0.25, 0.3) is 0 Å². The number of hydrogen-bond acceptors (Lipinski definition) is 1. The highest BCUT2D eigenvalue weighted by molar-refractivity contribution is 6.17. The van der Waals surface area contributed by atoms with E-state index in [1.165, 1.54) is 5.56 Å². The van der Waals surface area contributed by atoms with Crippen molar-refractivity contribution < 1.29 is 0 Å². The molecule has 0 amide bonds. The molecule has 1 nitrogen and oxygen atoms in total. The summed E-state index contributed by atoms with van der Waals surface area (Å²) in [6, 6.07) is 9.96. The van der Waals surface area contributed by atoms with Crippen molar-refractivity contribution >= 4 is 11.6 Å². The van der Waals surface area contributed by atoms with Crippen molar-refractivity contribution in [2.24, 2.45) is 0 Å². The van der Waals surface area contributed by atoms with E-state index in [9.17, 15) is 0 Å². The molecule has 0 aliphatic carbocycles. The molecule has 0 saturated heterocycles. The summed E-state index contributed by atoms with van der Waals surface area (Å²) < 4.78 is 0. The minimum atomic E-state index is 0.612. The molecule has 0 unspecified atom stereocenters. The highest BCUT2D eigenvalue weighted by Crippen LogP contribution is 2.00. The fraction of sp³-hybridized carbons (Fsp3) is 0.400. The Kier molecular flexibility index (Phi) is 8.19. The molecule has 1 N–H and O–H groups in total. The van der Waals surface area contributed by atoms with Crippen LogP contribution in [0, 0.1) is 0 Å². The van der Waals surface area contributed by atoms with Crippen LogP contribution in [0.1, 0.15) is 12.5 Å². The summed E-state index contributed by atoms with van der Waals surface area (Å²) in [6.45, 7) is 3.14. The van der Waals surface area contributed by atoms with Gasteiger partial charge in [-0.3, -0.25) is 0 Å². The fourth-order valence-corrected chi connectivity index (χ4v) is 0.745. The number of alkyl halides is 1. The fourth-order valence-electron chi connectivity index (χ4n) is 0.567. The number of benzene rings is 1. The molecule has 1 rings (SSSR count). The molecule has 0 radical (unpaired) electrons. The average molecular weight is 186 g/mol. The van der Waals surface area contributed by atoms with Crippen LogP contribution in [0.2, 0.25) is 0 Å². The lowest BCUT2D eigenvalue weighted by Crippen LogP contribution is -2.01. The van der Waals surface area contributed by atoms with Gasteiger partial charge in [-0.15, -0.1) is 11.6 Å². The standard InChI is InChI=1S/C7H7Cl.C3H9N/c8-6-7-4-2-1-3-5-7;1-3-4-2/h1-5H,6H2;4H,3H2,1-2H3. The first-order chi connectivity index (χ1) is 5.85. The van der Waals surface area contributed by atoms with E-state index in [2.05, 4.69) is 12.2 Å². The summed E-state index contributed by atoms with van der Waals surface area (Å²) in [6.07, 6.45) is 0. The first-order valence-corrected chi connectivity index (χ1v) is 4.63. The van der Waals surface area contributed by atoms with Crippen LogP contribution in [-0.2, 0) is 5.88 Å². The Balaban J connectivity index is 0.000000261. The van der Waals surface area contributed by atoms with Crippen LogP contribution in [0.3, 0.4) is 0 Å². The van der Waals surface area contributed by atoms with Gasteiger partial charge in [0.2, 0.25) is 0 Å². The second kappa shape index (κ2) is 8.57. The van der Waals surface area contributed by atoms with E-state index in [1.807, 2.05) is 37.4 Å². The third-order valence-electron chi connectivity index (χ3n) is 1.35. The molecule has 0 aliphatic rings. The van der Waals surface area contributed by atoms with E-state index >= 15 is 0 Å². The summed E-state index contributed by atoms with van der Waals surface area (Å²) in [5, 5.41) is 2.93. The first-order valence-electron chi connectivity index (χ1n) is 4.09. The molecule has 0 aromatic heterocycles. The molecule has 1 aromatic carbocycles. The average Bonchev–Trinajstić information content (AvgIpc) is 2.19. The second-order valence-corrected chi connectivity index (χ2v) is 2.59. The zero-order valence-corrected chi connectivity index (χ0v) is 8.43. The van der Waals surface area contributed by atoms with E-state index in [4.69, 9.17) is 11.6 Å².